The lowest BCUT2D eigenvalue weighted by atomic mass is 10.0. The zero-order chi connectivity index (χ0) is 15.5. The summed E-state index contributed by atoms with van der Waals surface area (Å²) in [4.78, 5) is -0.0135. The SMILES string of the molecule is C[C@@](O)(CNS(=O)(=O)c1ccccc1Cl)Cc1ccco1. The minimum absolute atomic E-state index is 0.0135. The molecule has 1 aromatic carbocycles. The van der Waals surface area contributed by atoms with Gasteiger partial charge < -0.3 is 9.52 Å². The molecule has 0 spiro atoms. The van der Waals surface area contributed by atoms with E-state index < -0.39 is 15.6 Å². The van der Waals surface area contributed by atoms with Gasteiger partial charge in [0.15, 0.2) is 0 Å². The van der Waals surface area contributed by atoms with Gasteiger partial charge in [-0.3, -0.25) is 0 Å². The number of sulfonamides is 1. The summed E-state index contributed by atoms with van der Waals surface area (Å²) >= 11 is 5.88. The fourth-order valence-corrected chi connectivity index (χ4v) is 3.52. The van der Waals surface area contributed by atoms with Crippen molar-refractivity contribution in [1.82, 2.24) is 4.72 Å². The third-order valence-corrected chi connectivity index (χ3v) is 4.81. The van der Waals surface area contributed by atoms with E-state index in [0.717, 1.165) is 0 Å². The van der Waals surface area contributed by atoms with E-state index in [1.54, 1.807) is 24.3 Å². The van der Waals surface area contributed by atoms with E-state index in [-0.39, 0.29) is 22.9 Å². The lowest BCUT2D eigenvalue weighted by molar-refractivity contribution is 0.0603. The smallest absolute Gasteiger partial charge is 0.242 e. The molecule has 1 atom stereocenters. The molecular weight excluding hydrogens is 314 g/mol. The van der Waals surface area contributed by atoms with Crippen LogP contribution >= 0.6 is 11.6 Å². The first-order valence-corrected chi connectivity index (χ1v) is 8.15. The highest BCUT2D eigenvalue weighted by Gasteiger charge is 2.26. The molecule has 0 aliphatic carbocycles. The summed E-state index contributed by atoms with van der Waals surface area (Å²) in [6, 6.07) is 9.56. The fourth-order valence-electron chi connectivity index (χ4n) is 1.84. The second-order valence-electron chi connectivity index (χ2n) is 5.01. The largest absolute Gasteiger partial charge is 0.469 e. The van der Waals surface area contributed by atoms with Gasteiger partial charge in [-0.2, -0.15) is 0 Å². The predicted octanol–water partition coefficient (Wildman–Crippen LogP) is 2.21. The van der Waals surface area contributed by atoms with Crippen LogP contribution in [0.25, 0.3) is 0 Å². The number of rotatable bonds is 6. The van der Waals surface area contributed by atoms with Gasteiger partial charge in [0.25, 0.3) is 0 Å². The third kappa shape index (κ3) is 4.31. The molecule has 0 amide bonds. The first kappa shape index (κ1) is 16.0. The van der Waals surface area contributed by atoms with Gasteiger partial charge in [-0.25, -0.2) is 13.1 Å². The van der Waals surface area contributed by atoms with Crippen molar-refractivity contribution < 1.29 is 17.9 Å². The normalized spacial score (nSPS) is 14.8. The van der Waals surface area contributed by atoms with Gasteiger partial charge in [-0.15, -0.1) is 0 Å². The van der Waals surface area contributed by atoms with Crippen LogP contribution in [0.2, 0.25) is 5.02 Å². The summed E-state index contributed by atoms with van der Waals surface area (Å²) in [5, 5.41) is 10.4. The summed E-state index contributed by atoms with van der Waals surface area (Å²) in [5.74, 6) is 0.581. The van der Waals surface area contributed by atoms with Gasteiger partial charge in [0.1, 0.15) is 10.7 Å². The quantitative estimate of drug-likeness (QED) is 0.851. The Labute approximate surface area is 128 Å². The standard InChI is InChI=1S/C14H16ClNO4S/c1-14(17,9-11-5-4-8-20-11)10-16-21(18,19)13-7-3-2-6-12(13)15/h2-8,16-17H,9-10H2,1H3/t14-/m0/s1. The summed E-state index contributed by atoms with van der Waals surface area (Å²) in [7, 11) is -3.78. The number of aliphatic hydroxyl groups is 1. The molecular formula is C14H16ClNO4S. The minimum Gasteiger partial charge on any atom is -0.469 e. The van der Waals surface area contributed by atoms with Gasteiger partial charge in [0.2, 0.25) is 10.0 Å². The van der Waals surface area contributed by atoms with Crippen molar-refractivity contribution in [2.24, 2.45) is 0 Å². The second kappa shape index (κ2) is 6.19. The Bertz CT molecular complexity index is 696. The summed E-state index contributed by atoms with van der Waals surface area (Å²) < 4.78 is 31.9. The van der Waals surface area contributed by atoms with Gasteiger partial charge in [0.05, 0.1) is 16.9 Å². The molecule has 5 nitrogen and oxygen atoms in total. The van der Waals surface area contributed by atoms with E-state index in [4.69, 9.17) is 16.0 Å². The van der Waals surface area contributed by atoms with Crippen molar-refractivity contribution in [2.45, 2.75) is 23.8 Å². The van der Waals surface area contributed by atoms with Crippen molar-refractivity contribution in [3.05, 3.63) is 53.4 Å². The van der Waals surface area contributed by atoms with E-state index in [1.165, 1.54) is 25.3 Å². The molecule has 0 aliphatic rings. The number of halogens is 1. The number of hydrogen-bond acceptors (Lipinski definition) is 4. The Morgan fingerprint density at radius 1 is 1.29 bits per heavy atom. The van der Waals surface area contributed by atoms with Gasteiger partial charge in [-0.05, 0) is 31.2 Å². The summed E-state index contributed by atoms with van der Waals surface area (Å²) in [6.07, 6.45) is 1.70. The first-order valence-electron chi connectivity index (χ1n) is 6.29. The Morgan fingerprint density at radius 2 is 2.00 bits per heavy atom. The Morgan fingerprint density at radius 3 is 2.62 bits per heavy atom. The molecule has 114 valence electrons. The zero-order valence-electron chi connectivity index (χ0n) is 11.4. The number of benzene rings is 1. The van der Waals surface area contributed by atoms with E-state index in [2.05, 4.69) is 4.72 Å². The van der Waals surface area contributed by atoms with E-state index in [1.807, 2.05) is 0 Å². The first-order chi connectivity index (χ1) is 9.80. The number of hydrogen-bond donors (Lipinski definition) is 2. The number of nitrogens with one attached hydrogen (secondary N) is 1. The average Bonchev–Trinajstić information content (AvgIpc) is 2.89. The maximum absolute atomic E-state index is 12.2. The molecule has 1 heterocycles. The van der Waals surface area contributed by atoms with E-state index >= 15 is 0 Å². The maximum Gasteiger partial charge on any atom is 0.242 e. The Balaban J connectivity index is 2.06. The van der Waals surface area contributed by atoms with Crippen LogP contribution in [0.4, 0.5) is 0 Å². The van der Waals surface area contributed by atoms with Crippen LogP contribution in [0.3, 0.4) is 0 Å². The molecule has 7 heteroatoms. The molecule has 2 rings (SSSR count). The van der Waals surface area contributed by atoms with E-state index in [0.29, 0.717) is 5.76 Å². The van der Waals surface area contributed by atoms with Crippen molar-refractivity contribution >= 4 is 21.6 Å². The Hall–Kier alpha value is -1.34. The fraction of sp³-hybridized carbons (Fsp3) is 0.286. The molecule has 2 aromatic rings. The summed E-state index contributed by atoms with van der Waals surface area (Å²) in [5.41, 5.74) is -1.27. The van der Waals surface area contributed by atoms with Crippen LogP contribution in [0.15, 0.2) is 52.0 Å². The van der Waals surface area contributed by atoms with Crippen molar-refractivity contribution in [3.8, 4) is 0 Å². The van der Waals surface area contributed by atoms with Crippen molar-refractivity contribution in [3.63, 3.8) is 0 Å². The Kier molecular flexibility index (Phi) is 4.73. The van der Waals surface area contributed by atoms with Crippen molar-refractivity contribution in [1.29, 1.82) is 0 Å². The molecule has 0 fully saturated rings. The second-order valence-corrected chi connectivity index (χ2v) is 7.15. The van der Waals surface area contributed by atoms with Gasteiger partial charge >= 0.3 is 0 Å². The number of furan rings is 1. The van der Waals surface area contributed by atoms with Crippen LogP contribution in [0, 0.1) is 0 Å². The average molecular weight is 330 g/mol. The van der Waals surface area contributed by atoms with Gasteiger partial charge in [0, 0.05) is 13.0 Å². The molecule has 1 aromatic heterocycles. The monoisotopic (exact) mass is 329 g/mol. The predicted molar refractivity (Wildman–Crippen MR) is 79.7 cm³/mol. The molecule has 21 heavy (non-hydrogen) atoms. The van der Waals surface area contributed by atoms with Crippen LogP contribution in [0.1, 0.15) is 12.7 Å². The van der Waals surface area contributed by atoms with E-state index in [9.17, 15) is 13.5 Å². The highest BCUT2D eigenvalue weighted by atomic mass is 35.5. The highest BCUT2D eigenvalue weighted by Crippen LogP contribution is 2.21. The van der Waals surface area contributed by atoms with Crippen molar-refractivity contribution in [2.75, 3.05) is 6.54 Å². The van der Waals surface area contributed by atoms with Crippen LogP contribution in [-0.2, 0) is 16.4 Å². The molecule has 0 aliphatic heterocycles. The lowest BCUT2D eigenvalue weighted by Gasteiger charge is -2.22. The van der Waals surface area contributed by atoms with Crippen LogP contribution in [-0.4, -0.2) is 25.7 Å². The highest BCUT2D eigenvalue weighted by molar-refractivity contribution is 7.89. The lowest BCUT2D eigenvalue weighted by Crippen LogP contribution is -2.42. The molecule has 0 saturated carbocycles. The van der Waals surface area contributed by atoms with Crippen LogP contribution in [0.5, 0.6) is 0 Å². The molecule has 0 unspecified atom stereocenters. The molecule has 0 radical (unpaired) electrons. The van der Waals surface area contributed by atoms with Gasteiger partial charge in [-0.1, -0.05) is 23.7 Å². The van der Waals surface area contributed by atoms with Crippen LogP contribution < -0.4 is 4.72 Å². The minimum atomic E-state index is -3.78. The third-order valence-electron chi connectivity index (χ3n) is 2.90. The topological polar surface area (TPSA) is 79.5 Å². The molecule has 0 saturated heterocycles. The summed E-state index contributed by atoms with van der Waals surface area (Å²) in [6.45, 7) is 1.38. The molecule has 0 bridgehead atoms. The molecule has 2 N–H and O–H groups in total. The maximum atomic E-state index is 12.2. The zero-order valence-corrected chi connectivity index (χ0v) is 13.0.